The van der Waals surface area contributed by atoms with Gasteiger partial charge in [-0.2, -0.15) is 0 Å². The summed E-state index contributed by atoms with van der Waals surface area (Å²) in [6.45, 7) is 7.06. The first kappa shape index (κ1) is 18.9. The monoisotopic (exact) mass is 387 g/mol. The van der Waals surface area contributed by atoms with Crippen LogP contribution in [0.15, 0.2) is 60.9 Å². The molecule has 3 heterocycles. The van der Waals surface area contributed by atoms with E-state index in [2.05, 4.69) is 40.1 Å². The van der Waals surface area contributed by atoms with E-state index in [4.69, 9.17) is 0 Å². The van der Waals surface area contributed by atoms with Gasteiger partial charge in [0.15, 0.2) is 0 Å². The minimum absolute atomic E-state index is 0.0241. The van der Waals surface area contributed by atoms with Crippen LogP contribution in [0.5, 0.6) is 0 Å². The van der Waals surface area contributed by atoms with Gasteiger partial charge in [-0.1, -0.05) is 18.2 Å². The van der Waals surface area contributed by atoms with Crippen molar-refractivity contribution in [2.75, 3.05) is 36.4 Å². The maximum atomic E-state index is 12.8. The van der Waals surface area contributed by atoms with E-state index in [1.807, 2.05) is 41.3 Å². The smallest absolute Gasteiger partial charge is 0.272 e. The lowest BCUT2D eigenvalue weighted by atomic mass is 10.1. The maximum absolute atomic E-state index is 12.8. The number of anilines is 3. The average Bonchev–Trinajstić information content (AvgIpc) is 2.78. The van der Waals surface area contributed by atoms with Gasteiger partial charge in [0, 0.05) is 38.1 Å². The Morgan fingerprint density at radius 2 is 1.76 bits per heavy atom. The Hall–Kier alpha value is -3.41. The number of nitrogens with zero attached hydrogens (tertiary/aromatic N) is 4. The predicted molar refractivity (Wildman–Crippen MR) is 116 cm³/mol. The van der Waals surface area contributed by atoms with Gasteiger partial charge in [0.05, 0.1) is 11.9 Å². The van der Waals surface area contributed by atoms with Crippen molar-refractivity contribution in [1.29, 1.82) is 0 Å². The van der Waals surface area contributed by atoms with Gasteiger partial charge >= 0.3 is 0 Å². The van der Waals surface area contributed by atoms with Crippen LogP contribution in [0.4, 0.5) is 17.2 Å². The molecule has 1 aliphatic rings. The number of aryl methyl sites for hydroxylation is 1. The zero-order valence-corrected chi connectivity index (χ0v) is 16.8. The molecular weight excluding hydrogens is 362 g/mol. The molecule has 0 unspecified atom stereocenters. The Labute approximate surface area is 171 Å². The third-order valence-corrected chi connectivity index (χ3v) is 5.41. The number of nitrogens with one attached hydrogen (secondary N) is 1. The number of carbonyl (C=O) groups is 1. The molecular formula is C23H25N5O. The summed E-state index contributed by atoms with van der Waals surface area (Å²) in [5.41, 5.74) is 4.84. The summed E-state index contributed by atoms with van der Waals surface area (Å²) < 4.78 is 0. The summed E-state index contributed by atoms with van der Waals surface area (Å²) in [7, 11) is 0. The highest BCUT2D eigenvalue weighted by atomic mass is 16.2. The first-order valence-corrected chi connectivity index (χ1v) is 9.86. The highest BCUT2D eigenvalue weighted by molar-refractivity contribution is 5.92. The van der Waals surface area contributed by atoms with Gasteiger partial charge in [-0.15, -0.1) is 0 Å². The van der Waals surface area contributed by atoms with E-state index in [0.29, 0.717) is 18.8 Å². The second-order valence-corrected chi connectivity index (χ2v) is 7.27. The molecule has 4 rings (SSSR count). The van der Waals surface area contributed by atoms with Crippen molar-refractivity contribution in [2.45, 2.75) is 13.8 Å². The van der Waals surface area contributed by atoms with E-state index >= 15 is 0 Å². The molecule has 0 atom stereocenters. The molecule has 1 amide bonds. The third-order valence-electron chi connectivity index (χ3n) is 5.41. The highest BCUT2D eigenvalue weighted by Crippen LogP contribution is 2.22. The maximum Gasteiger partial charge on any atom is 0.272 e. The Kier molecular flexibility index (Phi) is 5.42. The number of benzene rings is 1. The number of aromatic nitrogens is 2. The molecule has 2 aromatic heterocycles. The number of hydrogen-bond acceptors (Lipinski definition) is 5. The molecule has 3 aromatic rings. The fourth-order valence-electron chi connectivity index (χ4n) is 3.48. The van der Waals surface area contributed by atoms with Gasteiger partial charge in [-0.05, 0) is 55.3 Å². The second-order valence-electron chi connectivity index (χ2n) is 7.27. The van der Waals surface area contributed by atoms with E-state index in [-0.39, 0.29) is 5.91 Å². The van der Waals surface area contributed by atoms with Gasteiger partial charge in [-0.3, -0.25) is 4.79 Å². The standard InChI is InChI=1S/C23H25N5O/c1-17-6-5-7-20(18(17)2)26-19-9-10-21(25-16-19)23(29)28-14-12-27(13-15-28)22-8-3-4-11-24-22/h3-11,16,26H,12-15H2,1-2H3. The van der Waals surface area contributed by atoms with Crippen LogP contribution in [0.3, 0.4) is 0 Å². The van der Waals surface area contributed by atoms with E-state index in [0.717, 1.165) is 30.3 Å². The number of piperazine rings is 1. The van der Waals surface area contributed by atoms with Crippen LogP contribution in [0, 0.1) is 13.8 Å². The average molecular weight is 387 g/mol. The van der Waals surface area contributed by atoms with Gasteiger partial charge < -0.3 is 15.1 Å². The Bertz CT molecular complexity index is 980. The van der Waals surface area contributed by atoms with Crippen LogP contribution in [0.1, 0.15) is 21.6 Å². The molecule has 0 bridgehead atoms. The largest absolute Gasteiger partial charge is 0.354 e. The van der Waals surface area contributed by atoms with Crippen molar-refractivity contribution in [3.8, 4) is 0 Å². The third kappa shape index (κ3) is 4.21. The van der Waals surface area contributed by atoms with E-state index in [9.17, 15) is 4.79 Å². The van der Waals surface area contributed by atoms with Crippen LogP contribution >= 0.6 is 0 Å². The van der Waals surface area contributed by atoms with Crippen molar-refractivity contribution in [2.24, 2.45) is 0 Å². The molecule has 1 saturated heterocycles. The molecule has 0 radical (unpaired) electrons. The molecule has 6 heteroatoms. The van der Waals surface area contributed by atoms with Crippen LogP contribution in [-0.2, 0) is 0 Å². The van der Waals surface area contributed by atoms with Gasteiger partial charge in [0.25, 0.3) is 5.91 Å². The first-order valence-electron chi connectivity index (χ1n) is 9.86. The summed E-state index contributed by atoms with van der Waals surface area (Å²) in [5.74, 6) is 0.934. The fourth-order valence-corrected chi connectivity index (χ4v) is 3.48. The Morgan fingerprint density at radius 3 is 2.45 bits per heavy atom. The van der Waals surface area contributed by atoms with Crippen molar-refractivity contribution in [1.82, 2.24) is 14.9 Å². The molecule has 148 valence electrons. The molecule has 1 fully saturated rings. The van der Waals surface area contributed by atoms with E-state index in [1.54, 1.807) is 18.5 Å². The lowest BCUT2D eigenvalue weighted by Crippen LogP contribution is -2.49. The predicted octanol–water partition coefficient (Wildman–Crippen LogP) is 3.80. The summed E-state index contributed by atoms with van der Waals surface area (Å²) in [5, 5.41) is 3.38. The molecule has 0 aliphatic carbocycles. The molecule has 0 saturated carbocycles. The van der Waals surface area contributed by atoms with Gasteiger partial charge in [-0.25, -0.2) is 9.97 Å². The quantitative estimate of drug-likeness (QED) is 0.738. The second kappa shape index (κ2) is 8.31. The normalized spacial score (nSPS) is 14.0. The highest BCUT2D eigenvalue weighted by Gasteiger charge is 2.23. The topological polar surface area (TPSA) is 61.4 Å². The van der Waals surface area contributed by atoms with Crippen LogP contribution in [0.2, 0.25) is 0 Å². The van der Waals surface area contributed by atoms with E-state index < -0.39 is 0 Å². The molecule has 1 aromatic carbocycles. The van der Waals surface area contributed by atoms with Crippen LogP contribution in [-0.4, -0.2) is 47.0 Å². The lowest BCUT2D eigenvalue weighted by molar-refractivity contribution is 0.0740. The van der Waals surface area contributed by atoms with E-state index in [1.165, 1.54) is 11.1 Å². The number of pyridine rings is 2. The Balaban J connectivity index is 1.38. The first-order chi connectivity index (χ1) is 14.1. The minimum Gasteiger partial charge on any atom is -0.354 e. The fraction of sp³-hybridized carbons (Fsp3) is 0.261. The zero-order valence-electron chi connectivity index (χ0n) is 16.8. The molecule has 1 N–H and O–H groups in total. The summed E-state index contributed by atoms with van der Waals surface area (Å²) >= 11 is 0. The van der Waals surface area contributed by atoms with Crippen LogP contribution in [0.25, 0.3) is 0 Å². The van der Waals surface area contributed by atoms with Crippen molar-refractivity contribution < 1.29 is 4.79 Å². The van der Waals surface area contributed by atoms with Crippen molar-refractivity contribution in [3.63, 3.8) is 0 Å². The van der Waals surface area contributed by atoms with Crippen molar-refractivity contribution in [3.05, 3.63) is 77.7 Å². The van der Waals surface area contributed by atoms with Gasteiger partial charge in [0.1, 0.15) is 11.5 Å². The number of hydrogen-bond donors (Lipinski definition) is 1. The number of carbonyl (C=O) groups excluding carboxylic acids is 1. The number of amides is 1. The number of rotatable bonds is 4. The molecule has 1 aliphatic heterocycles. The Morgan fingerprint density at radius 1 is 0.931 bits per heavy atom. The molecule has 29 heavy (non-hydrogen) atoms. The SMILES string of the molecule is Cc1cccc(Nc2ccc(C(=O)N3CCN(c4ccccn4)CC3)nc2)c1C. The van der Waals surface area contributed by atoms with Gasteiger partial charge in [0.2, 0.25) is 0 Å². The summed E-state index contributed by atoms with van der Waals surface area (Å²) in [4.78, 5) is 25.7. The minimum atomic E-state index is -0.0241. The molecule has 6 nitrogen and oxygen atoms in total. The van der Waals surface area contributed by atoms with Crippen LogP contribution < -0.4 is 10.2 Å². The molecule has 0 spiro atoms. The van der Waals surface area contributed by atoms with Crippen molar-refractivity contribution >= 4 is 23.1 Å². The lowest BCUT2D eigenvalue weighted by Gasteiger charge is -2.35. The summed E-state index contributed by atoms with van der Waals surface area (Å²) in [6, 6.07) is 15.8. The summed E-state index contributed by atoms with van der Waals surface area (Å²) in [6.07, 6.45) is 3.52. The zero-order chi connectivity index (χ0) is 20.2.